The number of hydrogen-bond acceptors (Lipinski definition) is 5. The molecular weight excluding hydrogens is 366 g/mol. The molecule has 1 heterocycles. The second-order valence-corrected chi connectivity index (χ2v) is 6.61. The van der Waals surface area contributed by atoms with Gasteiger partial charge >= 0.3 is 5.97 Å². The van der Waals surface area contributed by atoms with Gasteiger partial charge in [-0.1, -0.05) is 6.07 Å². The molecule has 0 bridgehead atoms. The van der Waals surface area contributed by atoms with Crippen LogP contribution >= 0.6 is 0 Å². The van der Waals surface area contributed by atoms with Gasteiger partial charge in [-0.3, -0.25) is 4.79 Å². The maximum Gasteiger partial charge on any atom is 0.338 e. The van der Waals surface area contributed by atoms with E-state index in [1.807, 2.05) is 32.0 Å². The molecule has 2 N–H and O–H groups in total. The summed E-state index contributed by atoms with van der Waals surface area (Å²) in [6, 6.07) is 16.2. The zero-order valence-corrected chi connectivity index (χ0v) is 16.7. The number of benzene rings is 2. The molecular formula is C23H23N3O3. The van der Waals surface area contributed by atoms with E-state index >= 15 is 0 Å². The Labute approximate surface area is 169 Å². The van der Waals surface area contributed by atoms with Crippen LogP contribution in [0.1, 0.15) is 38.9 Å². The summed E-state index contributed by atoms with van der Waals surface area (Å²) in [4.78, 5) is 28.3. The number of carbonyl (C=O) groups is 2. The predicted molar refractivity (Wildman–Crippen MR) is 114 cm³/mol. The van der Waals surface area contributed by atoms with Crippen LogP contribution in [0.5, 0.6) is 0 Å². The van der Waals surface area contributed by atoms with Gasteiger partial charge in [-0.2, -0.15) is 0 Å². The van der Waals surface area contributed by atoms with Gasteiger partial charge in [0.1, 0.15) is 5.69 Å². The zero-order valence-electron chi connectivity index (χ0n) is 16.7. The molecule has 6 nitrogen and oxygen atoms in total. The number of hydrogen-bond donors (Lipinski definition) is 2. The first-order valence-electron chi connectivity index (χ1n) is 9.35. The first-order chi connectivity index (χ1) is 14.0. The van der Waals surface area contributed by atoms with E-state index in [9.17, 15) is 9.59 Å². The van der Waals surface area contributed by atoms with Crippen LogP contribution in [0.25, 0.3) is 0 Å². The van der Waals surface area contributed by atoms with Crippen molar-refractivity contribution in [1.82, 2.24) is 4.98 Å². The van der Waals surface area contributed by atoms with Crippen molar-refractivity contribution in [3.63, 3.8) is 0 Å². The highest BCUT2D eigenvalue weighted by atomic mass is 16.5. The fraction of sp³-hybridized carbons (Fsp3) is 0.174. The summed E-state index contributed by atoms with van der Waals surface area (Å²) < 4.78 is 4.97. The van der Waals surface area contributed by atoms with E-state index in [1.54, 1.807) is 49.5 Å². The molecule has 0 aliphatic heterocycles. The molecule has 1 aromatic heterocycles. The third kappa shape index (κ3) is 5.19. The van der Waals surface area contributed by atoms with Crippen molar-refractivity contribution in [2.75, 3.05) is 17.2 Å². The van der Waals surface area contributed by atoms with Crippen molar-refractivity contribution in [1.29, 1.82) is 0 Å². The van der Waals surface area contributed by atoms with Gasteiger partial charge in [-0.15, -0.1) is 0 Å². The Bertz CT molecular complexity index is 1010. The molecule has 0 spiro atoms. The number of esters is 1. The lowest BCUT2D eigenvalue weighted by Crippen LogP contribution is -2.13. The summed E-state index contributed by atoms with van der Waals surface area (Å²) in [6.45, 7) is 6.14. The summed E-state index contributed by atoms with van der Waals surface area (Å²) >= 11 is 0. The molecule has 0 saturated carbocycles. The van der Waals surface area contributed by atoms with E-state index in [0.717, 1.165) is 22.6 Å². The Hall–Kier alpha value is -3.67. The van der Waals surface area contributed by atoms with Gasteiger partial charge in [0.15, 0.2) is 0 Å². The molecule has 0 fully saturated rings. The highest BCUT2D eigenvalue weighted by Crippen LogP contribution is 2.18. The van der Waals surface area contributed by atoms with Crippen LogP contribution in [0.3, 0.4) is 0 Å². The van der Waals surface area contributed by atoms with Gasteiger partial charge < -0.3 is 15.4 Å². The Morgan fingerprint density at radius 2 is 1.59 bits per heavy atom. The fourth-order valence-corrected chi connectivity index (χ4v) is 2.69. The number of aromatic nitrogens is 1. The number of ether oxygens (including phenoxy) is 1. The predicted octanol–water partition coefficient (Wildman–Crippen LogP) is 4.87. The molecule has 6 heteroatoms. The Kier molecular flexibility index (Phi) is 6.24. The lowest BCUT2D eigenvalue weighted by molar-refractivity contribution is 0.0526. The first kappa shape index (κ1) is 20.1. The quantitative estimate of drug-likeness (QED) is 0.588. The molecule has 0 atom stereocenters. The van der Waals surface area contributed by atoms with Gasteiger partial charge in [0.2, 0.25) is 0 Å². The Morgan fingerprint density at radius 3 is 2.21 bits per heavy atom. The molecule has 0 aliphatic carbocycles. The number of rotatable bonds is 6. The molecule has 0 aliphatic rings. The topological polar surface area (TPSA) is 80.3 Å². The molecule has 0 radical (unpaired) electrons. The van der Waals surface area contributed by atoms with Gasteiger partial charge in [0.25, 0.3) is 5.91 Å². The molecule has 2 aromatic carbocycles. The lowest BCUT2D eigenvalue weighted by atomic mass is 10.1. The molecule has 148 valence electrons. The SMILES string of the molecule is CCOC(=O)c1ccc(Nc2ccc(C(=O)Nc3ccc(C)c(C)c3)nc2)cc1. The highest BCUT2D eigenvalue weighted by molar-refractivity contribution is 6.03. The highest BCUT2D eigenvalue weighted by Gasteiger charge is 2.09. The van der Waals surface area contributed by atoms with E-state index in [1.165, 1.54) is 5.56 Å². The van der Waals surface area contributed by atoms with Gasteiger partial charge in [-0.25, -0.2) is 9.78 Å². The second kappa shape index (κ2) is 9.01. The summed E-state index contributed by atoms with van der Waals surface area (Å²) in [7, 11) is 0. The van der Waals surface area contributed by atoms with Crippen LogP contribution in [0.4, 0.5) is 17.1 Å². The van der Waals surface area contributed by atoms with Crippen molar-refractivity contribution < 1.29 is 14.3 Å². The smallest absolute Gasteiger partial charge is 0.338 e. The maximum absolute atomic E-state index is 12.4. The summed E-state index contributed by atoms with van der Waals surface area (Å²) in [5.74, 6) is -0.613. The van der Waals surface area contributed by atoms with Crippen molar-refractivity contribution in [2.24, 2.45) is 0 Å². The van der Waals surface area contributed by atoms with Crippen molar-refractivity contribution >= 4 is 28.9 Å². The van der Waals surface area contributed by atoms with E-state index in [2.05, 4.69) is 15.6 Å². The first-order valence-corrected chi connectivity index (χ1v) is 9.35. The van der Waals surface area contributed by atoms with Gasteiger partial charge in [0, 0.05) is 11.4 Å². The molecule has 3 aromatic rings. The Morgan fingerprint density at radius 1 is 0.897 bits per heavy atom. The average Bonchev–Trinajstić information content (AvgIpc) is 2.72. The van der Waals surface area contributed by atoms with Gasteiger partial charge in [0.05, 0.1) is 24.1 Å². The third-order valence-electron chi connectivity index (χ3n) is 4.45. The van der Waals surface area contributed by atoms with E-state index in [-0.39, 0.29) is 11.9 Å². The van der Waals surface area contributed by atoms with E-state index in [4.69, 9.17) is 4.74 Å². The van der Waals surface area contributed by atoms with Crippen LogP contribution in [0.2, 0.25) is 0 Å². The van der Waals surface area contributed by atoms with Crippen LogP contribution < -0.4 is 10.6 Å². The number of amides is 1. The minimum atomic E-state index is -0.347. The zero-order chi connectivity index (χ0) is 20.8. The van der Waals surface area contributed by atoms with E-state index < -0.39 is 0 Å². The summed E-state index contributed by atoms with van der Waals surface area (Å²) in [6.07, 6.45) is 1.59. The van der Waals surface area contributed by atoms with Crippen LogP contribution in [-0.4, -0.2) is 23.5 Å². The normalized spacial score (nSPS) is 10.3. The molecule has 29 heavy (non-hydrogen) atoms. The van der Waals surface area contributed by atoms with E-state index in [0.29, 0.717) is 17.9 Å². The largest absolute Gasteiger partial charge is 0.462 e. The summed E-state index contributed by atoms with van der Waals surface area (Å²) in [5, 5.41) is 6.04. The number of nitrogens with one attached hydrogen (secondary N) is 2. The number of carbonyl (C=O) groups excluding carboxylic acids is 2. The van der Waals surface area contributed by atoms with Crippen molar-refractivity contribution in [3.8, 4) is 0 Å². The van der Waals surface area contributed by atoms with Crippen LogP contribution in [0, 0.1) is 13.8 Å². The molecule has 0 saturated heterocycles. The van der Waals surface area contributed by atoms with Crippen molar-refractivity contribution in [2.45, 2.75) is 20.8 Å². The summed E-state index contributed by atoms with van der Waals surface area (Å²) in [5.41, 5.74) is 5.38. The fourth-order valence-electron chi connectivity index (χ4n) is 2.69. The average molecular weight is 389 g/mol. The Balaban J connectivity index is 1.63. The lowest BCUT2D eigenvalue weighted by Gasteiger charge is -2.09. The number of anilines is 3. The number of pyridine rings is 1. The van der Waals surface area contributed by atoms with Crippen LogP contribution in [-0.2, 0) is 4.74 Å². The second-order valence-electron chi connectivity index (χ2n) is 6.61. The van der Waals surface area contributed by atoms with Gasteiger partial charge in [-0.05, 0) is 80.4 Å². The third-order valence-corrected chi connectivity index (χ3v) is 4.45. The minimum absolute atomic E-state index is 0.265. The van der Waals surface area contributed by atoms with Crippen molar-refractivity contribution in [3.05, 3.63) is 83.2 Å². The maximum atomic E-state index is 12.4. The molecule has 3 rings (SSSR count). The monoisotopic (exact) mass is 389 g/mol. The molecule has 1 amide bonds. The number of aryl methyl sites for hydroxylation is 2. The van der Waals surface area contributed by atoms with Crippen LogP contribution in [0.15, 0.2) is 60.8 Å². The molecule has 0 unspecified atom stereocenters. The minimum Gasteiger partial charge on any atom is -0.462 e. The standard InChI is InChI=1S/C23H23N3O3/c1-4-29-23(28)17-6-9-18(10-7-17)25-20-11-12-21(24-14-20)22(27)26-19-8-5-15(2)16(3)13-19/h5-14,25H,4H2,1-3H3,(H,26,27). The number of nitrogens with zero attached hydrogens (tertiary/aromatic N) is 1.